The van der Waals surface area contributed by atoms with Gasteiger partial charge in [-0.2, -0.15) is 9.57 Å². The first-order valence-corrected chi connectivity index (χ1v) is 10.9. The van der Waals surface area contributed by atoms with E-state index in [-0.39, 0.29) is 54.9 Å². The van der Waals surface area contributed by atoms with Crippen LogP contribution < -0.4 is 4.74 Å². The molecule has 0 radical (unpaired) electrons. The maximum absolute atomic E-state index is 12.8. The van der Waals surface area contributed by atoms with Gasteiger partial charge >= 0.3 is 0 Å². The van der Waals surface area contributed by atoms with Gasteiger partial charge in [0.2, 0.25) is 10.0 Å². The number of carbonyl (C=O) groups is 1. The van der Waals surface area contributed by atoms with E-state index in [1.165, 1.54) is 21.3 Å². The number of halogens is 2. The molecule has 1 saturated heterocycles. The van der Waals surface area contributed by atoms with Gasteiger partial charge in [0.1, 0.15) is 6.07 Å². The van der Waals surface area contributed by atoms with Gasteiger partial charge in [-0.1, -0.05) is 41.4 Å². The zero-order chi connectivity index (χ0) is 21.0. The van der Waals surface area contributed by atoms with E-state index in [4.69, 9.17) is 33.2 Å². The van der Waals surface area contributed by atoms with Gasteiger partial charge in [0, 0.05) is 26.2 Å². The lowest BCUT2D eigenvalue weighted by molar-refractivity contribution is -0.134. The molecule has 0 bridgehead atoms. The van der Waals surface area contributed by atoms with Gasteiger partial charge in [-0.15, -0.1) is 0 Å². The second-order valence-electron chi connectivity index (χ2n) is 6.23. The van der Waals surface area contributed by atoms with E-state index >= 15 is 0 Å². The highest BCUT2D eigenvalue weighted by atomic mass is 35.5. The first kappa shape index (κ1) is 21.4. The fourth-order valence-corrected chi connectivity index (χ4v) is 5.02. The van der Waals surface area contributed by atoms with Crippen LogP contribution in [0.1, 0.15) is 5.56 Å². The lowest BCUT2D eigenvalue weighted by Gasteiger charge is -2.34. The summed E-state index contributed by atoms with van der Waals surface area (Å²) in [7, 11) is -3.81. The van der Waals surface area contributed by atoms with Gasteiger partial charge in [0.05, 0.1) is 20.5 Å². The monoisotopic (exact) mass is 453 g/mol. The average molecular weight is 454 g/mol. The molecule has 3 rings (SSSR count). The topological polar surface area (TPSA) is 90.7 Å². The molecule has 1 aliphatic heterocycles. The van der Waals surface area contributed by atoms with Crippen molar-refractivity contribution in [3.05, 3.63) is 58.1 Å². The largest absolute Gasteiger partial charge is 0.481 e. The van der Waals surface area contributed by atoms with Crippen LogP contribution in [-0.2, 0) is 14.8 Å². The number of piperazine rings is 1. The zero-order valence-electron chi connectivity index (χ0n) is 15.2. The fraction of sp³-hybridized carbons (Fsp3) is 0.263. The highest BCUT2D eigenvalue weighted by molar-refractivity contribution is 7.89. The Hall–Kier alpha value is -2.31. The van der Waals surface area contributed by atoms with E-state index < -0.39 is 10.0 Å². The van der Waals surface area contributed by atoms with Crippen molar-refractivity contribution < 1.29 is 17.9 Å². The first-order valence-electron chi connectivity index (χ1n) is 8.68. The van der Waals surface area contributed by atoms with Crippen molar-refractivity contribution >= 4 is 39.1 Å². The number of para-hydroxylation sites is 1. The number of hydrogen-bond acceptors (Lipinski definition) is 5. The Kier molecular flexibility index (Phi) is 6.65. The standard InChI is InChI=1S/C19H17Cl2N3O4S/c20-15-5-3-6-16(21)19(15)28-13-18(25)23-8-10-24(11-9-23)29(26,27)17-7-2-1-4-14(17)12-22/h1-7H,8-11,13H2. The van der Waals surface area contributed by atoms with Gasteiger partial charge in [-0.05, 0) is 24.3 Å². The SMILES string of the molecule is N#Cc1ccccc1S(=O)(=O)N1CCN(C(=O)COc2c(Cl)cccc2Cl)CC1. The minimum atomic E-state index is -3.81. The van der Waals surface area contributed by atoms with Crippen molar-refractivity contribution in [2.75, 3.05) is 32.8 Å². The van der Waals surface area contributed by atoms with E-state index in [9.17, 15) is 13.2 Å². The summed E-state index contributed by atoms with van der Waals surface area (Å²) in [4.78, 5) is 13.9. The van der Waals surface area contributed by atoms with Crippen LogP contribution in [-0.4, -0.2) is 56.3 Å². The van der Waals surface area contributed by atoms with Gasteiger partial charge in [-0.25, -0.2) is 8.42 Å². The summed E-state index contributed by atoms with van der Waals surface area (Å²) in [5.74, 6) is -0.0611. The van der Waals surface area contributed by atoms with Crippen molar-refractivity contribution in [1.29, 1.82) is 5.26 Å². The van der Waals surface area contributed by atoms with E-state index in [2.05, 4.69) is 0 Å². The molecule has 10 heteroatoms. The number of hydrogen-bond donors (Lipinski definition) is 0. The van der Waals surface area contributed by atoms with Gasteiger partial charge in [-0.3, -0.25) is 4.79 Å². The maximum Gasteiger partial charge on any atom is 0.260 e. The molecular weight excluding hydrogens is 437 g/mol. The molecule has 0 aromatic heterocycles. The highest BCUT2D eigenvalue weighted by Crippen LogP contribution is 2.32. The van der Waals surface area contributed by atoms with Crippen LogP contribution in [0.2, 0.25) is 10.0 Å². The van der Waals surface area contributed by atoms with Crippen LogP contribution in [0.3, 0.4) is 0 Å². The number of nitrogens with zero attached hydrogens (tertiary/aromatic N) is 3. The Morgan fingerprint density at radius 1 is 1.03 bits per heavy atom. The summed E-state index contributed by atoms with van der Waals surface area (Å²) < 4.78 is 32.4. The van der Waals surface area contributed by atoms with E-state index in [0.29, 0.717) is 10.0 Å². The second kappa shape index (κ2) is 9.01. The molecule has 1 fully saturated rings. The summed E-state index contributed by atoms with van der Waals surface area (Å²) in [5.41, 5.74) is 0.0935. The van der Waals surface area contributed by atoms with Crippen LogP contribution in [0.25, 0.3) is 0 Å². The lowest BCUT2D eigenvalue weighted by Crippen LogP contribution is -2.51. The average Bonchev–Trinajstić information content (AvgIpc) is 2.73. The molecule has 0 spiro atoms. The minimum Gasteiger partial charge on any atom is -0.481 e. The van der Waals surface area contributed by atoms with Gasteiger partial charge in [0.15, 0.2) is 12.4 Å². The molecule has 1 heterocycles. The third kappa shape index (κ3) is 4.65. The van der Waals surface area contributed by atoms with Gasteiger partial charge < -0.3 is 9.64 Å². The predicted octanol–water partition coefficient (Wildman–Crippen LogP) is 2.78. The first-order chi connectivity index (χ1) is 13.8. The van der Waals surface area contributed by atoms with Crippen LogP contribution in [0.5, 0.6) is 5.75 Å². The third-order valence-corrected chi connectivity index (χ3v) is 7.03. The maximum atomic E-state index is 12.8. The predicted molar refractivity (Wildman–Crippen MR) is 108 cm³/mol. The summed E-state index contributed by atoms with van der Waals surface area (Å²) in [6.07, 6.45) is 0. The van der Waals surface area contributed by atoms with Crippen molar-refractivity contribution in [2.24, 2.45) is 0 Å². The molecule has 0 aliphatic carbocycles. The molecule has 0 unspecified atom stereocenters. The Morgan fingerprint density at radius 3 is 2.28 bits per heavy atom. The molecule has 2 aromatic rings. The molecule has 0 atom stereocenters. The van der Waals surface area contributed by atoms with Crippen molar-refractivity contribution in [2.45, 2.75) is 4.90 Å². The number of carbonyl (C=O) groups excluding carboxylic acids is 1. The van der Waals surface area contributed by atoms with E-state index in [1.54, 1.807) is 30.3 Å². The molecule has 1 aliphatic rings. The van der Waals surface area contributed by atoms with Gasteiger partial charge in [0.25, 0.3) is 5.91 Å². The molecule has 29 heavy (non-hydrogen) atoms. The molecule has 2 aromatic carbocycles. The van der Waals surface area contributed by atoms with Crippen molar-refractivity contribution in [3.63, 3.8) is 0 Å². The lowest BCUT2D eigenvalue weighted by atomic mass is 10.2. The number of ether oxygens (including phenoxy) is 1. The fourth-order valence-electron chi connectivity index (χ4n) is 2.95. The Balaban J connectivity index is 1.61. The normalized spacial score (nSPS) is 15.0. The Labute approximate surface area is 179 Å². The van der Waals surface area contributed by atoms with Crippen LogP contribution in [0.15, 0.2) is 47.4 Å². The molecule has 152 valence electrons. The number of benzene rings is 2. The number of rotatable bonds is 5. The van der Waals surface area contributed by atoms with Crippen LogP contribution >= 0.6 is 23.2 Å². The molecule has 0 saturated carbocycles. The number of amides is 1. The zero-order valence-corrected chi connectivity index (χ0v) is 17.5. The van der Waals surface area contributed by atoms with E-state index in [0.717, 1.165) is 0 Å². The van der Waals surface area contributed by atoms with E-state index in [1.807, 2.05) is 6.07 Å². The minimum absolute atomic E-state index is 0.0287. The van der Waals surface area contributed by atoms with Crippen LogP contribution in [0.4, 0.5) is 0 Å². The highest BCUT2D eigenvalue weighted by Gasteiger charge is 2.31. The molecular formula is C19H17Cl2N3O4S. The summed E-state index contributed by atoms with van der Waals surface area (Å²) in [6, 6.07) is 12.8. The van der Waals surface area contributed by atoms with Crippen LogP contribution in [0, 0.1) is 11.3 Å². The number of nitriles is 1. The summed E-state index contributed by atoms with van der Waals surface area (Å²) in [5, 5.41) is 9.77. The smallest absolute Gasteiger partial charge is 0.260 e. The summed E-state index contributed by atoms with van der Waals surface area (Å²) in [6.45, 7) is 0.424. The Bertz CT molecular complexity index is 1040. The molecule has 1 amide bonds. The van der Waals surface area contributed by atoms with Crippen molar-refractivity contribution in [1.82, 2.24) is 9.21 Å². The molecule has 7 nitrogen and oxygen atoms in total. The quantitative estimate of drug-likeness (QED) is 0.693. The summed E-state index contributed by atoms with van der Waals surface area (Å²) >= 11 is 12.0. The second-order valence-corrected chi connectivity index (χ2v) is 8.95. The van der Waals surface area contributed by atoms with Crippen molar-refractivity contribution in [3.8, 4) is 11.8 Å². The number of sulfonamides is 1. The molecule has 0 N–H and O–H groups in total. The third-order valence-electron chi connectivity index (χ3n) is 4.48. The Morgan fingerprint density at radius 2 is 1.66 bits per heavy atom.